The number of para-hydroxylation sites is 8. The van der Waals surface area contributed by atoms with E-state index in [0.717, 1.165) is 89.7 Å². The fraction of sp³-hybridized carbons (Fsp3) is 0. The van der Waals surface area contributed by atoms with Gasteiger partial charge in [0.1, 0.15) is 23.3 Å². The Bertz CT molecular complexity index is 4990. The van der Waals surface area contributed by atoms with Gasteiger partial charge in [0.05, 0.1) is 44.1 Å². The van der Waals surface area contributed by atoms with Crippen molar-refractivity contribution in [1.29, 1.82) is 0 Å². The minimum absolute atomic E-state index is 0.849. The third-order valence-electron chi connectivity index (χ3n) is 18.5. The second-order valence-corrected chi connectivity index (χ2v) is 27.1. The number of fused-ring (bicyclic) bond motifs is 12. The highest BCUT2D eigenvalue weighted by Gasteiger charge is 2.42. The fourth-order valence-electron chi connectivity index (χ4n) is 14.7. The van der Waals surface area contributed by atoms with Gasteiger partial charge in [-0.3, -0.25) is 18.3 Å². The van der Waals surface area contributed by atoms with Gasteiger partial charge in [-0.2, -0.15) is 0 Å². The normalized spacial score (nSPS) is 12.0. The van der Waals surface area contributed by atoms with Crippen molar-refractivity contribution >= 4 is 116 Å². The van der Waals surface area contributed by atoms with Gasteiger partial charge in [0.2, 0.25) is 0 Å². The van der Waals surface area contributed by atoms with Gasteiger partial charge in [0, 0.05) is 43.1 Å². The maximum Gasteiger partial charge on any atom is 0.179 e. The summed E-state index contributed by atoms with van der Waals surface area (Å²) in [4.78, 5) is 11.5. The van der Waals surface area contributed by atoms with E-state index in [1.54, 1.807) is 0 Å². The van der Waals surface area contributed by atoms with Gasteiger partial charge in [0.15, 0.2) is 8.07 Å². The van der Waals surface area contributed by atoms with Crippen LogP contribution in [0.15, 0.2) is 328 Å². The van der Waals surface area contributed by atoms with Crippen LogP contribution in [0.4, 0.5) is 0 Å². The monoisotopic (exact) mass is 1150 g/mol. The molecule has 0 saturated heterocycles. The first-order chi connectivity index (χ1) is 44.2. The molecule has 0 bridgehead atoms. The van der Waals surface area contributed by atoms with Crippen LogP contribution in [0.1, 0.15) is 0 Å². The van der Waals surface area contributed by atoms with Crippen LogP contribution in [-0.4, -0.2) is 36.3 Å². The zero-order chi connectivity index (χ0) is 58.6. The summed E-state index contributed by atoms with van der Waals surface area (Å²) in [6.07, 6.45) is 0. The number of hydrogen-bond donors (Lipinski definition) is 0. The first-order valence-electron chi connectivity index (χ1n) is 30.5. The maximum absolute atomic E-state index is 5.73. The molecule has 416 valence electrons. The minimum Gasteiger partial charge on any atom is -0.294 e. The predicted octanol–water partition coefficient (Wildman–Crippen LogP) is 17.6. The Morgan fingerprint density at radius 3 is 0.640 bits per heavy atom. The van der Waals surface area contributed by atoms with E-state index in [9.17, 15) is 0 Å². The van der Waals surface area contributed by atoms with Crippen molar-refractivity contribution in [2.75, 3.05) is 0 Å². The number of aromatic nitrogens is 6. The molecule has 89 heavy (non-hydrogen) atoms. The molecule has 0 aliphatic heterocycles. The molecule has 6 heterocycles. The van der Waals surface area contributed by atoms with Crippen molar-refractivity contribution in [2.45, 2.75) is 0 Å². The zero-order valence-corrected chi connectivity index (χ0v) is 49.4. The number of rotatable bonds is 10. The summed E-state index contributed by atoms with van der Waals surface area (Å²) < 4.78 is 9.41. The molecule has 0 fully saturated rings. The summed E-state index contributed by atoms with van der Waals surface area (Å²) in [6, 6.07) is 120. The van der Waals surface area contributed by atoms with Crippen LogP contribution >= 0.6 is 0 Å². The Hall–Kier alpha value is -11.6. The molecule has 0 saturated carbocycles. The van der Waals surface area contributed by atoms with E-state index < -0.39 is 8.07 Å². The van der Waals surface area contributed by atoms with E-state index in [2.05, 4.69) is 346 Å². The Balaban J connectivity index is 0.885. The summed E-state index contributed by atoms with van der Waals surface area (Å²) >= 11 is 0. The van der Waals surface area contributed by atoms with Gasteiger partial charge in [-0.05, 0) is 116 Å². The van der Waals surface area contributed by atoms with E-state index in [1.165, 1.54) is 63.8 Å². The van der Waals surface area contributed by atoms with Crippen LogP contribution < -0.4 is 20.7 Å². The van der Waals surface area contributed by atoms with Crippen LogP contribution in [-0.2, 0) is 0 Å². The van der Waals surface area contributed by atoms with Crippen LogP contribution in [0.5, 0.6) is 0 Å². The molecule has 0 aliphatic rings. The van der Waals surface area contributed by atoms with E-state index in [-0.39, 0.29) is 0 Å². The van der Waals surface area contributed by atoms with Gasteiger partial charge >= 0.3 is 0 Å². The van der Waals surface area contributed by atoms with Gasteiger partial charge in [-0.1, -0.05) is 255 Å². The molecule has 0 radical (unpaired) electrons. The topological polar surface area (TPSA) is 45.5 Å². The van der Waals surface area contributed by atoms with E-state index in [4.69, 9.17) is 9.97 Å². The lowest BCUT2D eigenvalue weighted by atomic mass is 10.1. The number of nitrogens with zero attached hydrogens (tertiary/aromatic N) is 6. The summed E-state index contributed by atoms with van der Waals surface area (Å²) in [7, 11) is -3.24. The molecule has 0 spiro atoms. The molecule has 6 aromatic heterocycles. The van der Waals surface area contributed by atoms with Crippen LogP contribution in [0, 0.1) is 0 Å². The Kier molecular flexibility index (Phi) is 11.5. The Morgan fingerprint density at radius 2 is 0.393 bits per heavy atom. The molecule has 0 amide bonds. The molecule has 12 aromatic carbocycles. The van der Waals surface area contributed by atoms with Crippen molar-refractivity contribution in [2.24, 2.45) is 0 Å². The highest BCUT2D eigenvalue weighted by molar-refractivity contribution is 7.20. The summed E-state index contributed by atoms with van der Waals surface area (Å²) in [5.74, 6) is 3.40. The minimum atomic E-state index is -3.24. The van der Waals surface area contributed by atoms with Gasteiger partial charge in [-0.15, -0.1) is 0 Å². The summed E-state index contributed by atoms with van der Waals surface area (Å²) in [5, 5.41) is 14.7. The molecule has 0 N–H and O–H groups in total. The Morgan fingerprint density at radius 1 is 0.180 bits per heavy atom. The molecule has 6 nitrogen and oxygen atoms in total. The van der Waals surface area contributed by atoms with Crippen molar-refractivity contribution in [3.05, 3.63) is 328 Å². The lowest BCUT2D eigenvalue weighted by molar-refractivity contribution is 1.01. The van der Waals surface area contributed by atoms with Crippen molar-refractivity contribution in [3.8, 4) is 45.5 Å². The fourth-order valence-corrected chi connectivity index (χ4v) is 19.5. The second kappa shape index (κ2) is 20.2. The lowest BCUT2D eigenvalue weighted by Gasteiger charge is -2.35. The van der Waals surface area contributed by atoms with E-state index in [0.29, 0.717) is 0 Å². The van der Waals surface area contributed by atoms with Crippen LogP contribution in [0.2, 0.25) is 0 Å². The first kappa shape index (κ1) is 50.7. The van der Waals surface area contributed by atoms with Crippen molar-refractivity contribution in [1.82, 2.24) is 28.2 Å². The lowest BCUT2D eigenvalue weighted by Crippen LogP contribution is -2.74. The van der Waals surface area contributed by atoms with E-state index in [1.807, 2.05) is 0 Å². The third kappa shape index (κ3) is 7.82. The average Bonchev–Trinajstić information content (AvgIpc) is 1.86. The highest BCUT2D eigenvalue weighted by Crippen LogP contribution is 2.39. The summed E-state index contributed by atoms with van der Waals surface area (Å²) in [6.45, 7) is 0. The Labute approximate surface area is 514 Å². The van der Waals surface area contributed by atoms with Gasteiger partial charge < -0.3 is 0 Å². The summed E-state index contributed by atoms with van der Waals surface area (Å²) in [5.41, 5.74) is 13.2. The SMILES string of the molecule is c1ccc([Si](c2ccccc2)(c2cccc(-c3cc(-n4c5ccccc5c5ccccc54)nc(-n4c5ccccc5c5ccccc54)c3)c2)c2cccc(-c3cc(-n4c5ccccc5c5ccccc54)nc(-n4c5ccccc5c5ccccc54)c3)c2)cc1. The van der Waals surface area contributed by atoms with E-state index >= 15 is 0 Å². The zero-order valence-electron chi connectivity index (χ0n) is 48.4. The molecular weight excluding hydrogens is 1100 g/mol. The smallest absolute Gasteiger partial charge is 0.179 e. The molecule has 0 unspecified atom stereocenters. The molecule has 0 atom stereocenters. The molecule has 0 aliphatic carbocycles. The van der Waals surface area contributed by atoms with Gasteiger partial charge in [0.25, 0.3) is 0 Å². The third-order valence-corrected chi connectivity index (χ3v) is 23.3. The van der Waals surface area contributed by atoms with Gasteiger partial charge in [-0.25, -0.2) is 9.97 Å². The largest absolute Gasteiger partial charge is 0.294 e. The number of hydrogen-bond acceptors (Lipinski definition) is 2. The quantitative estimate of drug-likeness (QED) is 0.101. The second-order valence-electron chi connectivity index (χ2n) is 23.3. The molecular formula is C82H54N6Si. The molecule has 18 rings (SSSR count). The average molecular weight is 1150 g/mol. The van der Waals surface area contributed by atoms with Crippen molar-refractivity contribution in [3.63, 3.8) is 0 Å². The first-order valence-corrected chi connectivity index (χ1v) is 32.5. The molecule has 18 aromatic rings. The molecule has 7 heteroatoms. The highest BCUT2D eigenvalue weighted by atomic mass is 28.3. The standard InChI is InChI=1S/C82H54N6Si/c1-3-27-59(28-4-1)89(60-29-5-2-6-30-60,61-31-23-25-55(49-61)57-51-79(85-71-41-15-7-33-63(71)64-34-8-16-42-72(64)85)83-80(52-57)86-73-43-17-9-35-65(73)66-36-10-18-44-74(66)86)62-32-24-26-56(50-62)58-53-81(87-75-45-19-11-37-67(75)68-38-12-20-46-76(68)87)84-82(54-58)88-77-47-21-13-39-69(77)70-40-14-22-48-78(70)88/h1-54H. The van der Waals surface area contributed by atoms with Crippen LogP contribution in [0.3, 0.4) is 0 Å². The number of benzene rings is 12. The maximum atomic E-state index is 5.73. The van der Waals surface area contributed by atoms with Crippen LogP contribution in [0.25, 0.3) is 133 Å². The van der Waals surface area contributed by atoms with Crippen molar-refractivity contribution < 1.29 is 0 Å². The predicted molar refractivity (Wildman–Crippen MR) is 374 cm³/mol. The number of pyridine rings is 2.